The first-order valence-electron chi connectivity index (χ1n) is 10.8. The molecule has 0 radical (unpaired) electrons. The smallest absolute Gasteiger partial charge is 0.191 e. The second kappa shape index (κ2) is 9.43. The Kier molecular flexibility index (Phi) is 6.47. The molecule has 1 saturated heterocycles. The summed E-state index contributed by atoms with van der Waals surface area (Å²) < 4.78 is 17.2. The number of hydrogen-bond acceptors (Lipinski definition) is 5. The Morgan fingerprint density at radius 2 is 2.13 bits per heavy atom. The number of fused-ring (bicyclic) bond motifs is 1. The number of hydrogen-bond donors (Lipinski definition) is 2. The van der Waals surface area contributed by atoms with E-state index in [0.29, 0.717) is 6.54 Å². The number of methoxy groups -OCH3 is 1. The summed E-state index contributed by atoms with van der Waals surface area (Å²) in [5.74, 6) is 3.57. The van der Waals surface area contributed by atoms with E-state index in [-0.39, 0.29) is 12.1 Å². The van der Waals surface area contributed by atoms with Crippen molar-refractivity contribution in [2.24, 2.45) is 4.99 Å². The minimum absolute atomic E-state index is 0.200. The number of rotatable bonds is 7. The molecule has 2 unspecified atom stereocenters. The molecule has 2 aliphatic rings. The van der Waals surface area contributed by atoms with Gasteiger partial charge in [0, 0.05) is 37.7 Å². The molecule has 1 aromatic heterocycles. The molecular formula is C23H32N4O3. The predicted octanol–water partition coefficient (Wildman–Crippen LogP) is 3.11. The van der Waals surface area contributed by atoms with Gasteiger partial charge in [-0.2, -0.15) is 0 Å². The van der Waals surface area contributed by atoms with Gasteiger partial charge in [-0.25, -0.2) is 0 Å². The summed E-state index contributed by atoms with van der Waals surface area (Å²) in [4.78, 5) is 6.87. The third kappa shape index (κ3) is 4.56. The monoisotopic (exact) mass is 412 g/mol. The van der Waals surface area contributed by atoms with Crippen LogP contribution in [0.1, 0.15) is 42.7 Å². The van der Waals surface area contributed by atoms with Crippen molar-refractivity contribution in [2.75, 3.05) is 33.8 Å². The fraction of sp³-hybridized carbons (Fsp3) is 0.522. The van der Waals surface area contributed by atoms with Gasteiger partial charge >= 0.3 is 0 Å². The highest BCUT2D eigenvalue weighted by Gasteiger charge is 2.26. The second-order valence-corrected chi connectivity index (χ2v) is 7.99. The van der Waals surface area contributed by atoms with Crippen molar-refractivity contribution in [2.45, 2.75) is 44.9 Å². The summed E-state index contributed by atoms with van der Waals surface area (Å²) in [6, 6.07) is 8.37. The molecule has 1 aromatic carbocycles. The van der Waals surface area contributed by atoms with E-state index in [1.54, 1.807) is 20.4 Å². The molecular weight excluding hydrogens is 380 g/mol. The van der Waals surface area contributed by atoms with Gasteiger partial charge in [-0.1, -0.05) is 0 Å². The second-order valence-electron chi connectivity index (χ2n) is 7.99. The third-order valence-corrected chi connectivity index (χ3v) is 5.88. The van der Waals surface area contributed by atoms with Crippen molar-refractivity contribution in [1.29, 1.82) is 0 Å². The molecule has 0 aliphatic carbocycles. The maximum Gasteiger partial charge on any atom is 0.191 e. The number of furan rings is 1. The van der Waals surface area contributed by atoms with E-state index in [2.05, 4.69) is 45.6 Å². The van der Waals surface area contributed by atoms with Crippen LogP contribution in [0.3, 0.4) is 0 Å². The van der Waals surface area contributed by atoms with Crippen LogP contribution in [0.4, 0.5) is 0 Å². The molecule has 3 heterocycles. The maximum absolute atomic E-state index is 5.91. The van der Waals surface area contributed by atoms with Crippen molar-refractivity contribution in [3.8, 4) is 11.5 Å². The molecule has 2 atom stereocenters. The molecule has 7 heteroatoms. The molecule has 2 aliphatic heterocycles. The molecule has 0 bridgehead atoms. The molecule has 30 heavy (non-hydrogen) atoms. The van der Waals surface area contributed by atoms with Crippen LogP contribution < -0.4 is 20.1 Å². The van der Waals surface area contributed by atoms with Crippen LogP contribution in [-0.4, -0.2) is 50.8 Å². The Hall–Kier alpha value is -2.67. The summed E-state index contributed by atoms with van der Waals surface area (Å²) in [6.07, 6.45) is 5.36. The molecule has 0 spiro atoms. The Morgan fingerprint density at radius 3 is 2.83 bits per heavy atom. The van der Waals surface area contributed by atoms with Gasteiger partial charge in [-0.05, 0) is 57.1 Å². The Morgan fingerprint density at radius 1 is 1.30 bits per heavy atom. The van der Waals surface area contributed by atoms with Crippen LogP contribution in [0.5, 0.6) is 11.5 Å². The first kappa shape index (κ1) is 20.6. The minimum atomic E-state index is 0.200. The van der Waals surface area contributed by atoms with E-state index < -0.39 is 0 Å². The van der Waals surface area contributed by atoms with Gasteiger partial charge < -0.3 is 24.5 Å². The zero-order chi connectivity index (χ0) is 20.9. The summed E-state index contributed by atoms with van der Waals surface area (Å²) in [5.41, 5.74) is 2.26. The zero-order valence-corrected chi connectivity index (χ0v) is 18.1. The van der Waals surface area contributed by atoms with E-state index in [1.807, 2.05) is 6.07 Å². The van der Waals surface area contributed by atoms with Gasteiger partial charge in [0.1, 0.15) is 23.4 Å². The zero-order valence-electron chi connectivity index (χ0n) is 18.1. The highest BCUT2D eigenvalue weighted by atomic mass is 16.5. The van der Waals surface area contributed by atoms with Crippen LogP contribution >= 0.6 is 0 Å². The fourth-order valence-electron chi connectivity index (χ4n) is 4.35. The highest BCUT2D eigenvalue weighted by molar-refractivity contribution is 5.79. The van der Waals surface area contributed by atoms with Gasteiger partial charge in [0.25, 0.3) is 0 Å². The Bertz CT molecular complexity index is 860. The normalized spacial score (nSPS) is 20.0. The maximum atomic E-state index is 5.91. The topological polar surface area (TPSA) is 71.3 Å². The van der Waals surface area contributed by atoms with E-state index in [0.717, 1.165) is 54.8 Å². The average Bonchev–Trinajstić information content (AvgIpc) is 3.51. The quantitative estimate of drug-likeness (QED) is 0.538. The number of ether oxygens (including phenoxy) is 2. The van der Waals surface area contributed by atoms with Crippen LogP contribution in [0.15, 0.2) is 39.9 Å². The van der Waals surface area contributed by atoms with Gasteiger partial charge in [-0.3, -0.25) is 9.89 Å². The molecule has 2 N–H and O–H groups in total. The van der Waals surface area contributed by atoms with Crippen molar-refractivity contribution in [3.63, 3.8) is 0 Å². The largest absolute Gasteiger partial charge is 0.496 e. The van der Waals surface area contributed by atoms with E-state index in [9.17, 15) is 0 Å². The van der Waals surface area contributed by atoms with Gasteiger partial charge in [-0.15, -0.1) is 0 Å². The van der Waals surface area contributed by atoms with Crippen LogP contribution in [0.25, 0.3) is 0 Å². The standard InChI is InChI=1S/C23H32N4O3/c1-16-11-17-12-21(28-3)18(13-22(17)30-16)14-25-23(24-2)26-15-19(20-7-6-10-29-20)27-8-4-5-9-27/h6-7,10,12-13,16,19H,4-5,8-9,11,14-15H2,1-3H3,(H2,24,25,26). The molecule has 0 saturated carbocycles. The number of aliphatic imine (C=N–C) groups is 1. The predicted molar refractivity (Wildman–Crippen MR) is 117 cm³/mol. The Labute approximate surface area is 178 Å². The molecule has 4 rings (SSSR count). The molecule has 162 valence electrons. The number of nitrogens with one attached hydrogen (secondary N) is 2. The van der Waals surface area contributed by atoms with Gasteiger partial charge in [0.05, 0.1) is 19.4 Å². The van der Waals surface area contributed by atoms with E-state index in [4.69, 9.17) is 13.9 Å². The summed E-state index contributed by atoms with van der Waals surface area (Å²) in [5, 5.41) is 6.88. The average molecular weight is 413 g/mol. The van der Waals surface area contributed by atoms with E-state index in [1.165, 1.54) is 18.4 Å². The molecule has 7 nitrogen and oxygen atoms in total. The van der Waals surface area contributed by atoms with Gasteiger partial charge in [0.2, 0.25) is 0 Å². The van der Waals surface area contributed by atoms with Crippen molar-refractivity contribution in [1.82, 2.24) is 15.5 Å². The number of benzene rings is 1. The van der Waals surface area contributed by atoms with Gasteiger partial charge in [0.15, 0.2) is 5.96 Å². The van der Waals surface area contributed by atoms with Crippen molar-refractivity contribution >= 4 is 5.96 Å². The van der Waals surface area contributed by atoms with Crippen molar-refractivity contribution in [3.05, 3.63) is 47.4 Å². The number of likely N-dealkylation sites (tertiary alicyclic amines) is 1. The first-order chi connectivity index (χ1) is 14.7. The number of nitrogens with zero attached hydrogens (tertiary/aromatic N) is 2. The Balaban J connectivity index is 1.39. The SMILES string of the molecule is CN=C(NCc1cc2c(cc1OC)CC(C)O2)NCC(c1ccco1)N1CCCC1. The third-order valence-electron chi connectivity index (χ3n) is 5.88. The lowest BCUT2D eigenvalue weighted by Crippen LogP contribution is -2.42. The van der Waals surface area contributed by atoms with E-state index >= 15 is 0 Å². The first-order valence-corrected chi connectivity index (χ1v) is 10.8. The summed E-state index contributed by atoms with van der Waals surface area (Å²) >= 11 is 0. The summed E-state index contributed by atoms with van der Waals surface area (Å²) in [6.45, 7) is 5.62. The summed E-state index contributed by atoms with van der Waals surface area (Å²) in [7, 11) is 3.50. The lowest BCUT2D eigenvalue weighted by molar-refractivity contribution is 0.215. The minimum Gasteiger partial charge on any atom is -0.496 e. The molecule has 0 amide bonds. The lowest BCUT2D eigenvalue weighted by Gasteiger charge is -2.26. The van der Waals surface area contributed by atoms with Crippen LogP contribution in [0, 0.1) is 0 Å². The number of guanidine groups is 1. The van der Waals surface area contributed by atoms with Crippen LogP contribution in [-0.2, 0) is 13.0 Å². The lowest BCUT2D eigenvalue weighted by atomic mass is 10.1. The fourth-order valence-corrected chi connectivity index (χ4v) is 4.35. The van der Waals surface area contributed by atoms with Crippen molar-refractivity contribution < 1.29 is 13.9 Å². The molecule has 2 aromatic rings. The van der Waals surface area contributed by atoms with Crippen LogP contribution in [0.2, 0.25) is 0 Å². The highest BCUT2D eigenvalue weighted by Crippen LogP contribution is 2.35. The molecule has 1 fully saturated rings.